The molecule has 0 spiro atoms. The third kappa shape index (κ3) is 5.90. The lowest BCUT2D eigenvalue weighted by molar-refractivity contribution is -0.150. The Kier molecular flexibility index (Phi) is 7.53. The van der Waals surface area contributed by atoms with Crippen molar-refractivity contribution in [3.05, 3.63) is 101 Å². The zero-order valence-electron chi connectivity index (χ0n) is 18.4. The number of esters is 1. The minimum Gasteiger partial charge on any atom is -0.485 e. The molecule has 1 N–H and O–H groups in total. The summed E-state index contributed by atoms with van der Waals surface area (Å²) < 4.78 is 9.24. The molecule has 2 amide bonds. The third-order valence-corrected chi connectivity index (χ3v) is 6.65. The van der Waals surface area contributed by atoms with Crippen molar-refractivity contribution >= 4 is 46.3 Å². The number of amides is 2. The van der Waals surface area contributed by atoms with Crippen molar-refractivity contribution in [3.63, 3.8) is 0 Å². The normalized spacial score (nSPS) is 17.1. The van der Waals surface area contributed by atoms with Gasteiger partial charge in [-0.1, -0.05) is 66.2 Å². The maximum atomic E-state index is 13.0. The molecule has 1 atom stereocenters. The third-order valence-electron chi connectivity index (χ3n) is 5.28. The molecule has 0 saturated carbocycles. The van der Waals surface area contributed by atoms with Crippen LogP contribution in [0.25, 0.3) is 0 Å². The van der Waals surface area contributed by atoms with Gasteiger partial charge < -0.3 is 9.47 Å². The first kappa shape index (κ1) is 24.5. The molecule has 1 fully saturated rings. The van der Waals surface area contributed by atoms with E-state index in [4.69, 9.17) is 21.1 Å². The first-order valence-corrected chi connectivity index (χ1v) is 11.8. The number of carbonyl (C=O) groups is 4. The topological polar surface area (TPSA) is 98.8 Å². The van der Waals surface area contributed by atoms with Gasteiger partial charge >= 0.3 is 5.97 Å². The predicted molar refractivity (Wildman–Crippen MR) is 132 cm³/mol. The molecule has 0 aliphatic carbocycles. The van der Waals surface area contributed by atoms with Crippen LogP contribution >= 0.6 is 23.4 Å². The van der Waals surface area contributed by atoms with Crippen LogP contribution in [0.1, 0.15) is 21.5 Å². The standard InChI is InChI=1S/C26H20ClNO6S/c27-20-8-4-7-19(13-20)22(29)16-33-21-11-9-17(10-12-21)14-26(23(30)28-25(32)35-26)24(31)34-15-18-5-2-1-3-6-18/h1-13H,14-16H2,(H,28,30,32)/t26-/m1/s1. The van der Waals surface area contributed by atoms with Crippen LogP contribution in [0.2, 0.25) is 5.02 Å². The summed E-state index contributed by atoms with van der Waals surface area (Å²) in [7, 11) is 0. The fourth-order valence-corrected chi connectivity index (χ4v) is 4.65. The van der Waals surface area contributed by atoms with Crippen molar-refractivity contribution in [1.82, 2.24) is 5.32 Å². The second-order valence-corrected chi connectivity index (χ2v) is 9.48. The van der Waals surface area contributed by atoms with Crippen molar-refractivity contribution in [2.45, 2.75) is 17.8 Å². The van der Waals surface area contributed by atoms with Crippen LogP contribution in [0.15, 0.2) is 78.9 Å². The molecule has 3 aromatic carbocycles. The average molecular weight is 510 g/mol. The highest BCUT2D eigenvalue weighted by atomic mass is 35.5. The summed E-state index contributed by atoms with van der Waals surface area (Å²) in [6.07, 6.45) is -0.0510. The van der Waals surface area contributed by atoms with Gasteiger partial charge in [-0.3, -0.25) is 19.7 Å². The Balaban J connectivity index is 1.42. The predicted octanol–water partition coefficient (Wildman–Crippen LogP) is 4.61. The lowest BCUT2D eigenvalue weighted by atomic mass is 9.97. The molecular weight excluding hydrogens is 490 g/mol. The molecule has 178 valence electrons. The van der Waals surface area contributed by atoms with Gasteiger partial charge in [0.25, 0.3) is 11.1 Å². The second kappa shape index (κ2) is 10.8. The van der Waals surface area contributed by atoms with Gasteiger partial charge in [0.05, 0.1) is 0 Å². The van der Waals surface area contributed by atoms with E-state index < -0.39 is 21.9 Å². The number of Topliss-reactive ketones (excluding diaryl/α,β-unsaturated/α-hetero) is 1. The maximum Gasteiger partial charge on any atom is 0.333 e. The monoisotopic (exact) mass is 509 g/mol. The Labute approximate surface area is 210 Å². The average Bonchev–Trinajstić information content (AvgIpc) is 3.15. The van der Waals surface area contributed by atoms with Gasteiger partial charge in [-0.2, -0.15) is 0 Å². The molecule has 0 radical (unpaired) electrons. The molecule has 1 heterocycles. The Morgan fingerprint density at radius 3 is 2.31 bits per heavy atom. The van der Waals surface area contributed by atoms with Crippen molar-refractivity contribution in [2.24, 2.45) is 0 Å². The fourth-order valence-electron chi connectivity index (χ4n) is 3.47. The zero-order valence-corrected chi connectivity index (χ0v) is 19.9. The molecule has 3 aromatic rings. The first-order chi connectivity index (χ1) is 16.9. The summed E-state index contributed by atoms with van der Waals surface area (Å²) in [6.45, 7) is -0.195. The molecule has 4 rings (SSSR count). The molecular formula is C26H20ClNO6S. The van der Waals surface area contributed by atoms with Gasteiger partial charge in [-0.15, -0.1) is 0 Å². The fraction of sp³-hybridized carbons (Fsp3) is 0.154. The van der Waals surface area contributed by atoms with Gasteiger partial charge in [0.15, 0.2) is 12.4 Å². The van der Waals surface area contributed by atoms with Crippen LogP contribution in [-0.4, -0.2) is 34.3 Å². The quantitative estimate of drug-likeness (QED) is 0.255. The SMILES string of the molecule is O=C1NC(=O)[C@](Cc2ccc(OCC(=O)c3cccc(Cl)c3)cc2)(C(=O)OCc2ccccc2)S1. The summed E-state index contributed by atoms with van der Waals surface area (Å²) in [5.74, 6) is -1.29. The zero-order chi connectivity index (χ0) is 24.8. The molecule has 1 aliphatic heterocycles. The van der Waals surface area contributed by atoms with E-state index in [0.717, 1.165) is 5.56 Å². The van der Waals surface area contributed by atoms with Crippen LogP contribution in [0.5, 0.6) is 5.75 Å². The largest absolute Gasteiger partial charge is 0.485 e. The highest BCUT2D eigenvalue weighted by Crippen LogP contribution is 2.37. The van der Waals surface area contributed by atoms with Crippen LogP contribution in [0.3, 0.4) is 0 Å². The van der Waals surface area contributed by atoms with Gasteiger partial charge in [-0.05, 0) is 47.2 Å². The second-order valence-electron chi connectivity index (χ2n) is 7.78. The molecule has 1 aliphatic rings. The number of thioether (sulfide) groups is 1. The van der Waals surface area contributed by atoms with Gasteiger partial charge in [0.2, 0.25) is 4.75 Å². The van der Waals surface area contributed by atoms with E-state index in [0.29, 0.717) is 33.7 Å². The molecule has 0 unspecified atom stereocenters. The minimum absolute atomic E-state index is 0.0170. The van der Waals surface area contributed by atoms with E-state index in [9.17, 15) is 19.2 Å². The van der Waals surface area contributed by atoms with E-state index in [1.807, 2.05) is 18.2 Å². The van der Waals surface area contributed by atoms with Crippen LogP contribution in [-0.2, 0) is 27.4 Å². The van der Waals surface area contributed by atoms with E-state index in [1.54, 1.807) is 60.7 Å². The smallest absolute Gasteiger partial charge is 0.333 e. The molecule has 0 aromatic heterocycles. The van der Waals surface area contributed by atoms with Crippen LogP contribution in [0, 0.1) is 0 Å². The van der Waals surface area contributed by atoms with E-state index in [1.165, 1.54) is 0 Å². The highest BCUT2D eigenvalue weighted by Gasteiger charge is 2.55. The van der Waals surface area contributed by atoms with Gasteiger partial charge in [-0.25, -0.2) is 4.79 Å². The number of nitrogens with one attached hydrogen (secondary N) is 1. The number of rotatable bonds is 9. The Morgan fingerprint density at radius 2 is 1.66 bits per heavy atom. The number of imide groups is 1. The summed E-state index contributed by atoms with van der Waals surface area (Å²) in [5.41, 5.74) is 1.83. The van der Waals surface area contributed by atoms with Gasteiger partial charge in [0, 0.05) is 17.0 Å². The summed E-state index contributed by atoms with van der Waals surface area (Å²) in [6, 6.07) is 22.2. The van der Waals surface area contributed by atoms with Crippen LogP contribution < -0.4 is 10.1 Å². The van der Waals surface area contributed by atoms with E-state index >= 15 is 0 Å². The Hall–Kier alpha value is -3.62. The van der Waals surface area contributed by atoms with Crippen LogP contribution in [0.4, 0.5) is 4.79 Å². The number of halogens is 1. The molecule has 9 heteroatoms. The number of ether oxygens (including phenoxy) is 2. The molecule has 7 nitrogen and oxygen atoms in total. The van der Waals surface area contributed by atoms with Crippen molar-refractivity contribution < 1.29 is 28.7 Å². The van der Waals surface area contributed by atoms with Crippen molar-refractivity contribution in [2.75, 3.05) is 6.61 Å². The van der Waals surface area contributed by atoms with Crippen molar-refractivity contribution in [3.8, 4) is 5.75 Å². The molecule has 35 heavy (non-hydrogen) atoms. The summed E-state index contributed by atoms with van der Waals surface area (Å²) in [5, 5.41) is 2.04. The minimum atomic E-state index is -1.73. The summed E-state index contributed by atoms with van der Waals surface area (Å²) in [4.78, 5) is 49.9. The van der Waals surface area contributed by atoms with Gasteiger partial charge in [0.1, 0.15) is 12.4 Å². The number of hydrogen-bond donors (Lipinski definition) is 1. The summed E-state index contributed by atoms with van der Waals surface area (Å²) >= 11 is 6.54. The lowest BCUT2D eigenvalue weighted by Gasteiger charge is -2.22. The number of hydrogen-bond acceptors (Lipinski definition) is 7. The number of benzene rings is 3. The van der Waals surface area contributed by atoms with Crippen molar-refractivity contribution in [1.29, 1.82) is 0 Å². The number of ketones is 1. The van der Waals surface area contributed by atoms with E-state index in [2.05, 4.69) is 5.32 Å². The Bertz CT molecular complexity index is 1260. The number of carbonyl (C=O) groups excluding carboxylic acids is 4. The molecule has 0 bridgehead atoms. The first-order valence-electron chi connectivity index (χ1n) is 10.6. The Morgan fingerprint density at radius 1 is 0.914 bits per heavy atom. The highest BCUT2D eigenvalue weighted by molar-refractivity contribution is 8.16. The lowest BCUT2D eigenvalue weighted by Crippen LogP contribution is -2.46. The maximum absolute atomic E-state index is 13.0. The molecule has 1 saturated heterocycles. The van der Waals surface area contributed by atoms with E-state index in [-0.39, 0.29) is 25.4 Å².